The van der Waals surface area contributed by atoms with E-state index in [-0.39, 0.29) is 23.5 Å². The van der Waals surface area contributed by atoms with Crippen molar-refractivity contribution < 1.29 is 34.4 Å². The molecular weight excluding hydrogens is 556 g/mol. The summed E-state index contributed by atoms with van der Waals surface area (Å²) in [5.74, 6) is 0.959. The predicted molar refractivity (Wildman–Crippen MR) is 165 cm³/mol. The van der Waals surface area contributed by atoms with E-state index in [0.717, 1.165) is 28.0 Å². The summed E-state index contributed by atoms with van der Waals surface area (Å²) < 4.78 is 11.2. The van der Waals surface area contributed by atoms with Gasteiger partial charge in [0.1, 0.15) is 17.4 Å². The van der Waals surface area contributed by atoms with E-state index in [1.807, 2.05) is 30.3 Å². The number of hydrogen-bond acceptors (Lipinski definition) is 7. The Labute approximate surface area is 251 Å². The van der Waals surface area contributed by atoms with Gasteiger partial charge in [-0.1, -0.05) is 30.3 Å². The van der Waals surface area contributed by atoms with Gasteiger partial charge in [-0.25, -0.2) is 10.9 Å². The van der Waals surface area contributed by atoms with Crippen LogP contribution < -0.4 is 10.1 Å². The van der Waals surface area contributed by atoms with Crippen LogP contribution in [0.25, 0.3) is 0 Å². The van der Waals surface area contributed by atoms with Crippen molar-refractivity contribution in [1.82, 2.24) is 10.2 Å². The first-order valence-electron chi connectivity index (χ1n) is 14.7. The van der Waals surface area contributed by atoms with Gasteiger partial charge >= 0.3 is 0 Å². The van der Waals surface area contributed by atoms with Gasteiger partial charge in [-0.05, 0) is 74.3 Å². The number of nitrogens with one attached hydrogen (secondary N) is 1. The summed E-state index contributed by atoms with van der Waals surface area (Å²) in [7, 11) is -0.670. The third-order valence-electron chi connectivity index (χ3n) is 8.15. The topological polar surface area (TPSA) is 129 Å². The normalized spacial score (nSPS) is 25.6. The highest BCUT2D eigenvalue weighted by atomic mass is 32.2. The second kappa shape index (κ2) is 14.2. The second-order valence-corrected chi connectivity index (χ2v) is 14.4. The summed E-state index contributed by atoms with van der Waals surface area (Å²) in [5.41, 5.74) is 3.45. The summed E-state index contributed by atoms with van der Waals surface area (Å²) in [6.45, 7) is 8.03. The molecule has 0 aromatic heterocycles. The maximum absolute atomic E-state index is 12.8. The van der Waals surface area contributed by atoms with Gasteiger partial charge < -0.3 is 35.0 Å². The van der Waals surface area contributed by atoms with Crippen molar-refractivity contribution in [1.29, 1.82) is 0 Å². The van der Waals surface area contributed by atoms with Crippen LogP contribution >= 0.6 is 10.9 Å². The Morgan fingerprint density at radius 3 is 2.45 bits per heavy atom. The van der Waals surface area contributed by atoms with E-state index in [0.29, 0.717) is 51.5 Å². The first kappa shape index (κ1) is 32.3. The minimum atomic E-state index is -1.13. The average Bonchev–Trinajstić information content (AvgIpc) is 2.96. The van der Waals surface area contributed by atoms with E-state index in [2.05, 4.69) is 30.6 Å². The van der Waals surface area contributed by atoms with Gasteiger partial charge in [0, 0.05) is 30.5 Å². The Kier molecular flexibility index (Phi) is 10.9. The summed E-state index contributed by atoms with van der Waals surface area (Å²) in [5, 5.41) is 33.7. The lowest BCUT2D eigenvalue weighted by Gasteiger charge is -2.42. The highest BCUT2D eigenvalue weighted by Crippen LogP contribution is 2.48. The summed E-state index contributed by atoms with van der Waals surface area (Å²) in [4.78, 5) is 27.0. The quantitative estimate of drug-likeness (QED) is 0.209. The van der Waals surface area contributed by atoms with E-state index in [4.69, 9.17) is 9.47 Å². The Balaban J connectivity index is 1.25. The third kappa shape index (κ3) is 8.05. The van der Waals surface area contributed by atoms with Crippen molar-refractivity contribution in [3.05, 3.63) is 64.7 Å². The summed E-state index contributed by atoms with van der Waals surface area (Å²) >= 11 is 0. The molecule has 4 rings (SSSR count). The monoisotopic (exact) mass is 602 g/mol. The van der Waals surface area contributed by atoms with E-state index >= 15 is 0 Å². The lowest BCUT2D eigenvalue weighted by Crippen LogP contribution is -2.57. The standard InChI is InChI=1S/C32H46N2O7S/c1-21-7-10-23(30-29(38)28(37)26(35)20-42(30)4)19-24(21)18-22-8-11-25(12-9-22)41-15-5-6-27(36)33-32(2,3)31(39)34-13-16-40-17-14-34/h7-12,19,26,28-30,35,37-38,42H,5-6,13-18,20H2,1-4H3,(H,33,36)/t26-,28-,29-,30+/m1/s1. The molecule has 2 aromatic carbocycles. The van der Waals surface area contributed by atoms with Crippen LogP contribution in [0.3, 0.4) is 0 Å². The number of thiol groups is 1. The number of rotatable bonds is 10. The number of aliphatic hydroxyl groups excluding tert-OH is 3. The maximum atomic E-state index is 12.8. The molecule has 1 unspecified atom stereocenters. The molecule has 2 saturated heterocycles. The zero-order chi connectivity index (χ0) is 30.4. The van der Waals surface area contributed by atoms with Crippen LogP contribution in [0.2, 0.25) is 0 Å². The number of ether oxygens (including phenoxy) is 2. The molecule has 0 spiro atoms. The highest BCUT2D eigenvalue weighted by molar-refractivity contribution is 8.16. The molecule has 2 fully saturated rings. The molecule has 5 atom stereocenters. The van der Waals surface area contributed by atoms with E-state index in [1.165, 1.54) is 0 Å². The SMILES string of the molecule is Cc1ccc([C@H]2[C@H](O)[C@H](O)[C@H](O)C[SH]2C)cc1Cc1ccc(OCCCC(=O)NC(C)(C)C(=O)N2CCOCC2)cc1. The molecule has 2 heterocycles. The lowest BCUT2D eigenvalue weighted by molar-refractivity contribution is -0.144. The van der Waals surface area contributed by atoms with Gasteiger partial charge in [0.25, 0.3) is 0 Å². The first-order valence-corrected chi connectivity index (χ1v) is 16.7. The molecule has 232 valence electrons. The number of benzene rings is 2. The smallest absolute Gasteiger partial charge is 0.247 e. The van der Waals surface area contributed by atoms with Gasteiger partial charge in [-0.15, -0.1) is 0 Å². The molecule has 0 aliphatic carbocycles. The minimum Gasteiger partial charge on any atom is -0.494 e. The van der Waals surface area contributed by atoms with Crippen LogP contribution in [-0.2, 0) is 20.7 Å². The predicted octanol–water partition coefficient (Wildman–Crippen LogP) is 2.27. The summed E-state index contributed by atoms with van der Waals surface area (Å²) in [6, 6.07) is 14.1. The van der Waals surface area contributed by atoms with Crippen molar-refractivity contribution in [3.63, 3.8) is 0 Å². The number of morpholine rings is 1. The largest absolute Gasteiger partial charge is 0.494 e. The summed E-state index contributed by atoms with van der Waals surface area (Å²) in [6.07, 6.45) is 0.591. The molecule has 2 amide bonds. The highest BCUT2D eigenvalue weighted by Gasteiger charge is 2.40. The molecule has 10 heteroatoms. The Bertz CT molecular complexity index is 1220. The Morgan fingerprint density at radius 1 is 1.07 bits per heavy atom. The second-order valence-electron chi connectivity index (χ2n) is 12.0. The van der Waals surface area contributed by atoms with Crippen molar-refractivity contribution >= 4 is 22.7 Å². The average molecular weight is 603 g/mol. The number of hydrogen-bond donors (Lipinski definition) is 5. The molecule has 9 nitrogen and oxygen atoms in total. The molecule has 4 N–H and O–H groups in total. The number of carbonyl (C=O) groups excluding carboxylic acids is 2. The first-order chi connectivity index (χ1) is 20.0. The van der Waals surface area contributed by atoms with E-state index in [9.17, 15) is 24.9 Å². The molecule has 0 saturated carbocycles. The number of nitrogens with zero attached hydrogens (tertiary/aromatic N) is 1. The Morgan fingerprint density at radius 2 is 1.76 bits per heavy atom. The molecule has 0 bridgehead atoms. The lowest BCUT2D eigenvalue weighted by atomic mass is 9.94. The van der Waals surface area contributed by atoms with Crippen molar-refractivity contribution in [2.24, 2.45) is 0 Å². The van der Waals surface area contributed by atoms with E-state index in [1.54, 1.807) is 18.7 Å². The van der Waals surface area contributed by atoms with Gasteiger partial charge in [0.05, 0.1) is 32.0 Å². The van der Waals surface area contributed by atoms with Crippen LogP contribution in [0.15, 0.2) is 42.5 Å². The van der Waals surface area contributed by atoms with Crippen LogP contribution in [-0.4, -0.2) is 101 Å². The third-order valence-corrected chi connectivity index (χ3v) is 10.7. The molecular formula is C32H46N2O7S. The van der Waals surface area contributed by atoms with Crippen LogP contribution in [0.1, 0.15) is 54.2 Å². The molecule has 0 radical (unpaired) electrons. The van der Waals surface area contributed by atoms with Crippen LogP contribution in [0, 0.1) is 6.92 Å². The van der Waals surface area contributed by atoms with Crippen molar-refractivity contribution in [3.8, 4) is 5.75 Å². The number of aryl methyl sites for hydroxylation is 1. The fraction of sp³-hybridized carbons (Fsp3) is 0.562. The Hall–Kier alpha value is -2.63. The van der Waals surface area contributed by atoms with Gasteiger partial charge in [-0.3, -0.25) is 9.59 Å². The van der Waals surface area contributed by atoms with Crippen molar-refractivity contribution in [2.45, 2.75) is 69.1 Å². The van der Waals surface area contributed by atoms with Gasteiger partial charge in [-0.2, -0.15) is 0 Å². The fourth-order valence-corrected chi connectivity index (χ4v) is 8.08. The number of amides is 2. The molecule has 2 aliphatic heterocycles. The van der Waals surface area contributed by atoms with E-state index < -0.39 is 34.7 Å². The van der Waals surface area contributed by atoms with Crippen LogP contribution in [0.4, 0.5) is 0 Å². The number of carbonyl (C=O) groups is 2. The molecule has 2 aliphatic rings. The van der Waals surface area contributed by atoms with Crippen LogP contribution in [0.5, 0.6) is 5.75 Å². The maximum Gasteiger partial charge on any atom is 0.247 e. The zero-order valence-corrected chi connectivity index (χ0v) is 26.0. The fourth-order valence-electron chi connectivity index (χ4n) is 5.68. The number of aliphatic hydroxyl groups is 3. The zero-order valence-electron chi connectivity index (χ0n) is 25.1. The van der Waals surface area contributed by atoms with Gasteiger partial charge in [0.15, 0.2) is 0 Å². The molecule has 2 aromatic rings. The van der Waals surface area contributed by atoms with Gasteiger partial charge in [0.2, 0.25) is 11.8 Å². The minimum absolute atomic E-state index is 0.0990. The van der Waals surface area contributed by atoms with Crippen molar-refractivity contribution in [2.75, 3.05) is 44.9 Å². The molecule has 42 heavy (non-hydrogen) atoms.